The summed E-state index contributed by atoms with van der Waals surface area (Å²) in [5, 5.41) is 0. The maximum absolute atomic E-state index is 14.8. The number of carbonyl (C=O) groups excluding carboxylic acids is 2. The number of ether oxygens (including phenoxy) is 1. The van der Waals surface area contributed by atoms with Crippen molar-refractivity contribution in [2.24, 2.45) is 17.6 Å². The number of alkyl halides is 1. The first-order valence-corrected chi connectivity index (χ1v) is 14.0. The van der Waals surface area contributed by atoms with E-state index in [4.69, 9.17) is 10.5 Å². The first kappa shape index (κ1) is 30.5. The molecule has 0 unspecified atom stereocenters. The van der Waals surface area contributed by atoms with Crippen LogP contribution in [0.5, 0.6) is 0 Å². The highest BCUT2D eigenvalue weighted by molar-refractivity contribution is 5.95. The van der Waals surface area contributed by atoms with Gasteiger partial charge in [0.25, 0.3) is 5.91 Å². The molecule has 214 valence electrons. The molecule has 2 aliphatic heterocycles. The molecule has 8 heteroatoms. The maximum Gasteiger partial charge on any atom is 0.256 e. The summed E-state index contributed by atoms with van der Waals surface area (Å²) in [4.78, 5) is 28.0. The fourth-order valence-electron chi connectivity index (χ4n) is 5.23. The van der Waals surface area contributed by atoms with Crippen molar-refractivity contribution in [3.63, 3.8) is 0 Å². The maximum atomic E-state index is 14.8. The second kappa shape index (κ2) is 14.4. The molecule has 0 aliphatic carbocycles. The van der Waals surface area contributed by atoms with Crippen LogP contribution < -0.4 is 5.73 Å². The molecule has 0 saturated carbocycles. The zero-order valence-electron chi connectivity index (χ0n) is 23.3. The number of hydrogen-bond donors (Lipinski definition) is 1. The third-order valence-electron chi connectivity index (χ3n) is 7.33. The second-order valence-corrected chi connectivity index (χ2v) is 11.3. The molecule has 2 aliphatic rings. The smallest absolute Gasteiger partial charge is 0.256 e. The molecule has 2 heterocycles. The van der Waals surface area contributed by atoms with E-state index in [2.05, 4.69) is 11.5 Å². The summed E-state index contributed by atoms with van der Waals surface area (Å²) in [5.41, 5.74) is 5.03. The van der Waals surface area contributed by atoms with Crippen molar-refractivity contribution in [3.05, 3.63) is 71.8 Å². The van der Waals surface area contributed by atoms with Crippen LogP contribution in [0.4, 0.5) is 8.78 Å². The van der Waals surface area contributed by atoms with Crippen molar-refractivity contribution in [2.75, 3.05) is 39.3 Å². The van der Waals surface area contributed by atoms with Crippen LogP contribution in [-0.4, -0.2) is 66.6 Å². The van der Waals surface area contributed by atoms with E-state index < -0.39 is 23.3 Å². The summed E-state index contributed by atoms with van der Waals surface area (Å²) in [6.45, 7) is 10.6. The molecule has 0 aromatic heterocycles. The van der Waals surface area contributed by atoms with Gasteiger partial charge in [0, 0.05) is 19.6 Å². The van der Waals surface area contributed by atoms with E-state index in [1.165, 1.54) is 17.0 Å². The van der Waals surface area contributed by atoms with E-state index in [-0.39, 0.29) is 18.0 Å². The van der Waals surface area contributed by atoms with Crippen LogP contribution >= 0.6 is 0 Å². The van der Waals surface area contributed by atoms with Crippen molar-refractivity contribution in [1.82, 2.24) is 9.80 Å². The molecule has 0 radical (unpaired) electrons. The van der Waals surface area contributed by atoms with Gasteiger partial charge in [-0.1, -0.05) is 24.8 Å². The van der Waals surface area contributed by atoms with Crippen LogP contribution in [0.15, 0.2) is 54.8 Å². The van der Waals surface area contributed by atoms with Gasteiger partial charge in [0.2, 0.25) is 5.91 Å². The third-order valence-corrected chi connectivity index (χ3v) is 7.33. The summed E-state index contributed by atoms with van der Waals surface area (Å²) >= 11 is 0. The van der Waals surface area contributed by atoms with Crippen LogP contribution in [0, 0.1) is 17.7 Å². The van der Waals surface area contributed by atoms with Crippen molar-refractivity contribution in [2.45, 2.75) is 58.0 Å². The number of likely N-dealkylation sites (tertiary alicyclic amines) is 2. The van der Waals surface area contributed by atoms with Crippen LogP contribution in [0.3, 0.4) is 0 Å². The number of halogens is 2. The second-order valence-electron chi connectivity index (χ2n) is 11.3. The van der Waals surface area contributed by atoms with Crippen LogP contribution in [0.2, 0.25) is 0 Å². The Bertz CT molecular complexity index is 1060. The van der Waals surface area contributed by atoms with E-state index in [1.807, 2.05) is 18.2 Å². The minimum Gasteiger partial charge on any atom is -0.493 e. The molecule has 1 aromatic carbocycles. The molecule has 1 atom stereocenters. The van der Waals surface area contributed by atoms with E-state index in [9.17, 15) is 18.4 Å². The first-order chi connectivity index (χ1) is 18.6. The number of primary amides is 1. The van der Waals surface area contributed by atoms with Gasteiger partial charge >= 0.3 is 0 Å². The van der Waals surface area contributed by atoms with E-state index >= 15 is 0 Å². The van der Waals surface area contributed by atoms with Gasteiger partial charge < -0.3 is 20.3 Å². The van der Waals surface area contributed by atoms with Gasteiger partial charge in [-0.3, -0.25) is 9.59 Å². The zero-order valence-corrected chi connectivity index (χ0v) is 23.3. The summed E-state index contributed by atoms with van der Waals surface area (Å²) < 4.78 is 34.7. The first-order valence-electron chi connectivity index (χ1n) is 14.0. The molecular formula is C31H43F2N3O3. The molecule has 2 saturated heterocycles. The molecule has 2 amide bonds. The quantitative estimate of drug-likeness (QED) is 0.291. The Balaban J connectivity index is 1.45. The SMILES string of the molecule is C=C/C=C(\C=C/CCc1ccc(C(=O)N2CCC[C@@H](C(N)=O)C2)c(F)c1)OCC1CCN(CC(C)(C)F)CC1. The number of aryl methyl sites for hydroxylation is 1. The Morgan fingerprint density at radius 1 is 1.21 bits per heavy atom. The molecule has 2 fully saturated rings. The molecule has 0 bridgehead atoms. The number of nitrogens with two attached hydrogens (primary N) is 1. The lowest BCUT2D eigenvalue weighted by atomic mass is 9.96. The minimum absolute atomic E-state index is 0.0169. The van der Waals surface area contributed by atoms with E-state index in [1.54, 1.807) is 26.0 Å². The molecular weight excluding hydrogens is 500 g/mol. The lowest BCUT2D eigenvalue weighted by molar-refractivity contribution is -0.123. The number of allylic oxidation sites excluding steroid dienone is 4. The van der Waals surface area contributed by atoms with Gasteiger partial charge in [-0.05, 0) is 101 Å². The van der Waals surface area contributed by atoms with Crippen LogP contribution in [0.25, 0.3) is 0 Å². The largest absolute Gasteiger partial charge is 0.493 e. The molecule has 0 spiro atoms. The Morgan fingerprint density at radius 3 is 2.59 bits per heavy atom. The average Bonchev–Trinajstić information content (AvgIpc) is 2.89. The van der Waals surface area contributed by atoms with Crippen molar-refractivity contribution < 1.29 is 23.1 Å². The number of nitrogens with zero attached hydrogens (tertiary/aromatic N) is 2. The monoisotopic (exact) mass is 543 g/mol. The fraction of sp³-hybridized carbons (Fsp3) is 0.548. The van der Waals surface area contributed by atoms with Gasteiger partial charge in [0.05, 0.1) is 18.1 Å². The predicted octanol–water partition coefficient (Wildman–Crippen LogP) is 5.20. The number of hydrogen-bond acceptors (Lipinski definition) is 4. The van der Waals surface area contributed by atoms with Gasteiger partial charge in [-0.2, -0.15) is 0 Å². The average molecular weight is 544 g/mol. The molecule has 1 aromatic rings. The number of benzene rings is 1. The Hall–Kier alpha value is -3.00. The Labute approximate surface area is 231 Å². The van der Waals surface area contributed by atoms with Gasteiger partial charge in [0.1, 0.15) is 17.2 Å². The predicted molar refractivity (Wildman–Crippen MR) is 150 cm³/mol. The summed E-state index contributed by atoms with van der Waals surface area (Å²) in [6.07, 6.45) is 12.0. The summed E-state index contributed by atoms with van der Waals surface area (Å²) in [6, 6.07) is 4.70. The molecule has 6 nitrogen and oxygen atoms in total. The normalized spacial score (nSPS) is 19.8. The standard InChI is InChI=1S/C31H43F2N3O3/c1-4-8-26(39-21-24-14-17-35(18-15-24)22-31(2,3)33)11-6-5-9-23-12-13-27(28(32)19-23)30(38)36-16-7-10-25(20-36)29(34)37/h4,6,8,11-13,19,24-25H,1,5,7,9-10,14-18,20-22H2,2-3H3,(H2,34,37)/b11-6-,26-8+/t25-/m1/s1. The fourth-order valence-corrected chi connectivity index (χ4v) is 5.23. The van der Waals surface area contributed by atoms with Crippen molar-refractivity contribution in [1.29, 1.82) is 0 Å². The molecule has 2 N–H and O–H groups in total. The number of rotatable bonds is 12. The van der Waals surface area contributed by atoms with Gasteiger partial charge in [-0.25, -0.2) is 8.78 Å². The van der Waals surface area contributed by atoms with E-state index in [0.29, 0.717) is 51.3 Å². The van der Waals surface area contributed by atoms with Crippen molar-refractivity contribution in [3.8, 4) is 0 Å². The number of piperidine rings is 2. The highest BCUT2D eigenvalue weighted by atomic mass is 19.1. The molecule has 3 rings (SSSR count). The third kappa shape index (κ3) is 9.92. The lowest BCUT2D eigenvalue weighted by Crippen LogP contribution is -2.44. The minimum atomic E-state index is -1.18. The summed E-state index contributed by atoms with van der Waals surface area (Å²) in [7, 11) is 0. The van der Waals surface area contributed by atoms with E-state index in [0.717, 1.165) is 37.3 Å². The Kier molecular flexibility index (Phi) is 11.3. The van der Waals surface area contributed by atoms with Crippen LogP contribution in [0.1, 0.15) is 61.9 Å². The highest BCUT2D eigenvalue weighted by Crippen LogP contribution is 2.23. The lowest BCUT2D eigenvalue weighted by Gasteiger charge is -2.34. The van der Waals surface area contributed by atoms with Crippen molar-refractivity contribution >= 4 is 11.8 Å². The van der Waals surface area contributed by atoms with Gasteiger partial charge in [-0.15, -0.1) is 0 Å². The zero-order chi connectivity index (χ0) is 28.4. The van der Waals surface area contributed by atoms with Gasteiger partial charge in [0.15, 0.2) is 0 Å². The summed E-state index contributed by atoms with van der Waals surface area (Å²) in [5.74, 6) is -0.611. The number of carbonyl (C=O) groups is 2. The number of amides is 2. The van der Waals surface area contributed by atoms with Crippen LogP contribution in [-0.2, 0) is 16.0 Å². The Morgan fingerprint density at radius 2 is 1.95 bits per heavy atom. The topological polar surface area (TPSA) is 75.9 Å². The molecule has 39 heavy (non-hydrogen) atoms. The highest BCUT2D eigenvalue weighted by Gasteiger charge is 2.29.